The van der Waals surface area contributed by atoms with Gasteiger partial charge in [-0.2, -0.15) is 0 Å². The maximum atomic E-state index is 6.23. The fourth-order valence-corrected chi connectivity index (χ4v) is 3.54. The smallest absolute Gasteiger partial charge is 0.168 e. The van der Waals surface area contributed by atoms with Crippen LogP contribution in [0.2, 0.25) is 0 Å². The van der Waals surface area contributed by atoms with Crippen LogP contribution in [0.15, 0.2) is 48.8 Å². The lowest BCUT2D eigenvalue weighted by molar-refractivity contribution is 0.355. The highest BCUT2D eigenvalue weighted by Crippen LogP contribution is 2.43. The highest BCUT2D eigenvalue weighted by molar-refractivity contribution is 6.02. The lowest BCUT2D eigenvalue weighted by Gasteiger charge is -2.16. The summed E-state index contributed by atoms with van der Waals surface area (Å²) in [5, 5.41) is 0.637. The first kappa shape index (κ1) is 20.2. The van der Waals surface area contributed by atoms with E-state index in [-0.39, 0.29) is 0 Å². The van der Waals surface area contributed by atoms with Gasteiger partial charge in [-0.15, -0.1) is 0 Å². The molecule has 0 saturated carbocycles. The van der Waals surface area contributed by atoms with E-state index in [0.717, 1.165) is 16.7 Å². The number of methoxy groups -OCH3 is 4. The van der Waals surface area contributed by atoms with Crippen LogP contribution in [0.5, 0.6) is 23.0 Å². The Morgan fingerprint density at radius 1 is 0.742 bits per heavy atom. The van der Waals surface area contributed by atoms with Crippen molar-refractivity contribution in [3.8, 4) is 45.4 Å². The number of nitrogen functional groups attached to an aromatic ring is 1. The van der Waals surface area contributed by atoms with Gasteiger partial charge < -0.3 is 24.7 Å². The largest absolute Gasteiger partial charge is 0.493 e. The van der Waals surface area contributed by atoms with Crippen molar-refractivity contribution in [3.05, 3.63) is 48.8 Å². The van der Waals surface area contributed by atoms with Gasteiger partial charge in [0.2, 0.25) is 0 Å². The molecule has 4 aromatic rings. The normalized spacial score (nSPS) is 10.7. The van der Waals surface area contributed by atoms with Crippen LogP contribution in [0.3, 0.4) is 0 Å². The van der Waals surface area contributed by atoms with Gasteiger partial charge in [0, 0.05) is 16.7 Å². The molecule has 0 amide bonds. The van der Waals surface area contributed by atoms with E-state index in [1.54, 1.807) is 28.4 Å². The summed E-state index contributed by atoms with van der Waals surface area (Å²) in [6, 6.07) is 13.2. The number of aromatic nitrogens is 3. The number of fused-ring (bicyclic) bond motifs is 1. The number of ether oxygens (including phenoxy) is 4. The van der Waals surface area contributed by atoms with Crippen LogP contribution < -0.4 is 24.7 Å². The summed E-state index contributed by atoms with van der Waals surface area (Å²) in [6.07, 6.45) is 1.40. The van der Waals surface area contributed by atoms with Crippen molar-refractivity contribution in [1.29, 1.82) is 0 Å². The Labute approximate surface area is 179 Å². The Morgan fingerprint density at radius 2 is 1.52 bits per heavy atom. The molecule has 158 valence electrons. The van der Waals surface area contributed by atoms with Crippen molar-refractivity contribution >= 4 is 16.9 Å². The number of para-hydroxylation sites is 1. The standard InChI is InChI=1S/C23H22N4O4/c1-28-17-9-8-13(10-19(17)30-3)16-11-15(20-22(24)25-12-26-23(20)27-16)14-6-5-7-18(29-2)21(14)31-4/h5-12H,1-4H3,(H2,24,25,26,27). The Morgan fingerprint density at radius 3 is 2.23 bits per heavy atom. The van der Waals surface area contributed by atoms with Crippen LogP contribution in [0.25, 0.3) is 33.4 Å². The van der Waals surface area contributed by atoms with Crippen LogP contribution in [-0.2, 0) is 0 Å². The zero-order chi connectivity index (χ0) is 22.0. The fourth-order valence-electron chi connectivity index (χ4n) is 3.54. The van der Waals surface area contributed by atoms with Crippen molar-refractivity contribution in [2.24, 2.45) is 0 Å². The van der Waals surface area contributed by atoms with Gasteiger partial charge in [0.05, 0.1) is 39.5 Å². The summed E-state index contributed by atoms with van der Waals surface area (Å²) in [7, 11) is 6.38. The molecule has 4 rings (SSSR count). The number of hydrogen-bond acceptors (Lipinski definition) is 8. The van der Waals surface area contributed by atoms with E-state index >= 15 is 0 Å². The van der Waals surface area contributed by atoms with Crippen molar-refractivity contribution in [1.82, 2.24) is 15.0 Å². The molecule has 2 aromatic carbocycles. The molecule has 0 unspecified atom stereocenters. The molecule has 2 heterocycles. The third-order valence-electron chi connectivity index (χ3n) is 5.01. The van der Waals surface area contributed by atoms with Crippen LogP contribution in [0.4, 0.5) is 5.82 Å². The summed E-state index contributed by atoms with van der Waals surface area (Å²) >= 11 is 0. The van der Waals surface area contributed by atoms with Gasteiger partial charge >= 0.3 is 0 Å². The molecule has 8 nitrogen and oxygen atoms in total. The molecule has 0 aliphatic heterocycles. The van der Waals surface area contributed by atoms with Gasteiger partial charge in [-0.1, -0.05) is 12.1 Å². The second kappa shape index (κ2) is 8.35. The monoisotopic (exact) mass is 418 g/mol. The van der Waals surface area contributed by atoms with E-state index in [2.05, 4.69) is 9.97 Å². The molecule has 0 fully saturated rings. The van der Waals surface area contributed by atoms with E-state index in [0.29, 0.717) is 45.5 Å². The molecule has 31 heavy (non-hydrogen) atoms. The number of nitrogens with two attached hydrogens (primary N) is 1. The third-order valence-corrected chi connectivity index (χ3v) is 5.01. The van der Waals surface area contributed by atoms with E-state index in [9.17, 15) is 0 Å². The van der Waals surface area contributed by atoms with Gasteiger partial charge in [0.25, 0.3) is 0 Å². The Balaban J connectivity index is 2.03. The van der Waals surface area contributed by atoms with E-state index in [1.807, 2.05) is 42.5 Å². The average molecular weight is 418 g/mol. The lowest BCUT2D eigenvalue weighted by Crippen LogP contribution is -2.00. The molecular weight excluding hydrogens is 396 g/mol. The number of anilines is 1. The highest BCUT2D eigenvalue weighted by Gasteiger charge is 2.19. The minimum atomic E-state index is 0.330. The van der Waals surface area contributed by atoms with Gasteiger partial charge in [0.1, 0.15) is 12.1 Å². The van der Waals surface area contributed by atoms with Gasteiger partial charge in [-0.25, -0.2) is 15.0 Å². The Bertz CT molecular complexity index is 1260. The van der Waals surface area contributed by atoms with Gasteiger partial charge in [-0.3, -0.25) is 0 Å². The van der Waals surface area contributed by atoms with Crippen molar-refractivity contribution < 1.29 is 18.9 Å². The predicted octanol–water partition coefficient (Wildman–Crippen LogP) is 3.98. The summed E-state index contributed by atoms with van der Waals surface area (Å²) in [4.78, 5) is 13.2. The van der Waals surface area contributed by atoms with Crippen molar-refractivity contribution in [3.63, 3.8) is 0 Å². The molecule has 0 spiro atoms. The van der Waals surface area contributed by atoms with E-state index < -0.39 is 0 Å². The summed E-state index contributed by atoms with van der Waals surface area (Å²) in [5.41, 5.74) is 9.79. The van der Waals surface area contributed by atoms with Crippen LogP contribution >= 0.6 is 0 Å². The number of nitrogens with zero attached hydrogens (tertiary/aromatic N) is 3. The molecule has 0 aliphatic carbocycles. The second-order valence-electron chi connectivity index (χ2n) is 6.62. The number of hydrogen-bond donors (Lipinski definition) is 1. The molecule has 2 aromatic heterocycles. The number of rotatable bonds is 6. The fraction of sp³-hybridized carbons (Fsp3) is 0.174. The van der Waals surface area contributed by atoms with Crippen LogP contribution in [0, 0.1) is 0 Å². The molecule has 8 heteroatoms. The first-order valence-electron chi connectivity index (χ1n) is 9.46. The zero-order valence-electron chi connectivity index (χ0n) is 17.7. The van der Waals surface area contributed by atoms with Gasteiger partial charge in [-0.05, 0) is 30.3 Å². The molecular formula is C23H22N4O4. The Hall–Kier alpha value is -4.07. The quantitative estimate of drug-likeness (QED) is 0.502. The van der Waals surface area contributed by atoms with Gasteiger partial charge in [0.15, 0.2) is 28.6 Å². The molecule has 2 N–H and O–H groups in total. The molecule has 0 radical (unpaired) electrons. The SMILES string of the molecule is COc1ccc(-c2cc(-c3cccc(OC)c3OC)c3c(N)ncnc3n2)cc1OC. The van der Waals surface area contributed by atoms with Crippen LogP contribution in [0.1, 0.15) is 0 Å². The predicted molar refractivity (Wildman–Crippen MR) is 119 cm³/mol. The lowest BCUT2D eigenvalue weighted by atomic mass is 9.98. The van der Waals surface area contributed by atoms with Crippen molar-refractivity contribution in [2.45, 2.75) is 0 Å². The first-order chi connectivity index (χ1) is 15.1. The topological polar surface area (TPSA) is 102 Å². The Kier molecular flexibility index (Phi) is 5.44. The highest BCUT2D eigenvalue weighted by atomic mass is 16.5. The summed E-state index contributed by atoms with van der Waals surface area (Å²) in [6.45, 7) is 0. The minimum absolute atomic E-state index is 0.330. The second-order valence-corrected chi connectivity index (χ2v) is 6.62. The number of benzene rings is 2. The minimum Gasteiger partial charge on any atom is -0.493 e. The van der Waals surface area contributed by atoms with E-state index in [4.69, 9.17) is 29.7 Å². The van der Waals surface area contributed by atoms with Crippen LogP contribution in [-0.4, -0.2) is 43.4 Å². The molecule has 0 atom stereocenters. The molecule has 0 bridgehead atoms. The summed E-state index contributed by atoms with van der Waals surface area (Å²) in [5.74, 6) is 2.75. The zero-order valence-corrected chi connectivity index (χ0v) is 17.7. The average Bonchev–Trinajstić information content (AvgIpc) is 2.82. The van der Waals surface area contributed by atoms with E-state index in [1.165, 1.54) is 6.33 Å². The maximum absolute atomic E-state index is 6.23. The number of pyridine rings is 1. The molecule has 0 aliphatic rings. The first-order valence-corrected chi connectivity index (χ1v) is 9.46. The maximum Gasteiger partial charge on any atom is 0.168 e. The third kappa shape index (κ3) is 3.52. The summed E-state index contributed by atoms with van der Waals surface area (Å²) < 4.78 is 21.9. The van der Waals surface area contributed by atoms with Crippen molar-refractivity contribution in [2.75, 3.05) is 34.2 Å². The molecule has 0 saturated heterocycles.